The first-order chi connectivity index (χ1) is 11.3. The molecule has 2 heterocycles. The Hall–Kier alpha value is -1.24. The van der Waals surface area contributed by atoms with E-state index < -0.39 is 17.7 Å². The normalized spacial score (nSPS) is 27.9. The summed E-state index contributed by atoms with van der Waals surface area (Å²) >= 11 is 17.9. The lowest BCUT2D eigenvalue weighted by atomic mass is 9.79. The molecule has 130 valence electrons. The second kappa shape index (κ2) is 6.24. The number of nitrogens with one attached hydrogen (secondary N) is 1. The minimum Gasteiger partial charge on any atom is -0.466 e. The third-order valence-corrected chi connectivity index (χ3v) is 5.35. The zero-order valence-corrected chi connectivity index (χ0v) is 15.9. The third-order valence-electron chi connectivity index (χ3n) is 4.51. The van der Waals surface area contributed by atoms with Crippen LogP contribution in [0.3, 0.4) is 0 Å². The highest BCUT2D eigenvalue weighted by Gasteiger charge is 2.59. The fourth-order valence-corrected chi connectivity index (χ4v) is 4.50. The van der Waals surface area contributed by atoms with Crippen molar-refractivity contribution in [2.45, 2.75) is 32.5 Å². The number of nitrogens with zero attached hydrogens (tertiary/aromatic N) is 1. The molecule has 1 saturated heterocycles. The lowest BCUT2D eigenvalue weighted by Crippen LogP contribution is -2.71. The van der Waals surface area contributed by atoms with Gasteiger partial charge in [-0.1, -0.05) is 23.2 Å². The van der Waals surface area contributed by atoms with Gasteiger partial charge in [-0.25, -0.2) is 0 Å². The Kier molecular flexibility index (Phi) is 4.57. The van der Waals surface area contributed by atoms with Gasteiger partial charge in [-0.3, -0.25) is 4.79 Å². The molecule has 0 amide bonds. The molecule has 5 nitrogen and oxygen atoms in total. The summed E-state index contributed by atoms with van der Waals surface area (Å²) in [5, 5.41) is 4.63. The van der Waals surface area contributed by atoms with E-state index in [2.05, 4.69) is 5.32 Å². The van der Waals surface area contributed by atoms with Crippen molar-refractivity contribution in [2.75, 3.05) is 13.2 Å². The van der Waals surface area contributed by atoms with Crippen molar-refractivity contribution < 1.29 is 14.3 Å². The molecule has 0 spiro atoms. The SMILES string of the molecule is CCOC(=O)[C@@H]1[C@@H]2NC(=S)N(CC)[C@]1(C)Oc1c(Cl)cc(Cl)cc12. The van der Waals surface area contributed by atoms with E-state index in [4.69, 9.17) is 44.9 Å². The molecule has 0 aromatic heterocycles. The Labute approximate surface area is 156 Å². The molecule has 24 heavy (non-hydrogen) atoms. The highest BCUT2D eigenvalue weighted by Crippen LogP contribution is 2.51. The van der Waals surface area contributed by atoms with Gasteiger partial charge < -0.3 is 19.7 Å². The van der Waals surface area contributed by atoms with E-state index in [1.54, 1.807) is 19.1 Å². The number of hydrogen-bond donors (Lipinski definition) is 1. The number of fused-ring (bicyclic) bond motifs is 4. The zero-order chi connectivity index (χ0) is 17.6. The zero-order valence-electron chi connectivity index (χ0n) is 13.6. The minimum atomic E-state index is -0.988. The summed E-state index contributed by atoms with van der Waals surface area (Å²) < 4.78 is 11.5. The van der Waals surface area contributed by atoms with Crippen LogP contribution in [0.25, 0.3) is 0 Å². The molecule has 3 atom stereocenters. The molecule has 0 radical (unpaired) electrons. The maximum atomic E-state index is 12.7. The van der Waals surface area contributed by atoms with Crippen molar-refractivity contribution in [1.29, 1.82) is 0 Å². The number of carbonyl (C=O) groups excluding carboxylic acids is 1. The molecular formula is C16H18Cl2N2O3S. The molecule has 1 N–H and O–H groups in total. The predicted octanol–water partition coefficient (Wildman–Crippen LogP) is 3.53. The Balaban J connectivity index is 2.20. The van der Waals surface area contributed by atoms with Crippen LogP contribution >= 0.6 is 35.4 Å². The number of halogens is 2. The fraction of sp³-hybridized carbons (Fsp3) is 0.500. The number of hydrogen-bond acceptors (Lipinski definition) is 4. The molecule has 1 aromatic carbocycles. The first-order valence-corrected chi connectivity index (χ1v) is 8.92. The summed E-state index contributed by atoms with van der Waals surface area (Å²) in [4.78, 5) is 14.5. The molecule has 8 heteroatoms. The van der Waals surface area contributed by atoms with Crippen molar-refractivity contribution in [3.05, 3.63) is 27.7 Å². The molecule has 3 rings (SSSR count). The summed E-state index contributed by atoms with van der Waals surface area (Å²) in [5.41, 5.74) is -0.278. The van der Waals surface area contributed by atoms with Gasteiger partial charge >= 0.3 is 5.97 Å². The Bertz CT molecular complexity index is 715. The number of ether oxygens (including phenoxy) is 2. The second-order valence-electron chi connectivity index (χ2n) is 5.86. The van der Waals surface area contributed by atoms with Crippen molar-refractivity contribution in [1.82, 2.24) is 10.2 Å². The van der Waals surface area contributed by atoms with Crippen LogP contribution in [0, 0.1) is 5.92 Å². The van der Waals surface area contributed by atoms with E-state index in [-0.39, 0.29) is 12.6 Å². The quantitative estimate of drug-likeness (QED) is 0.631. The Morgan fingerprint density at radius 3 is 2.79 bits per heavy atom. The lowest BCUT2D eigenvalue weighted by molar-refractivity contribution is -0.174. The van der Waals surface area contributed by atoms with Crippen molar-refractivity contribution in [3.8, 4) is 5.75 Å². The predicted molar refractivity (Wildman–Crippen MR) is 96.5 cm³/mol. The van der Waals surface area contributed by atoms with Crippen LogP contribution in [0.5, 0.6) is 5.75 Å². The van der Waals surface area contributed by atoms with E-state index >= 15 is 0 Å². The molecule has 1 fully saturated rings. The van der Waals surface area contributed by atoms with E-state index in [1.807, 2.05) is 18.7 Å². The largest absolute Gasteiger partial charge is 0.466 e. The Morgan fingerprint density at radius 1 is 1.46 bits per heavy atom. The fourth-order valence-electron chi connectivity index (χ4n) is 3.52. The van der Waals surface area contributed by atoms with E-state index in [0.717, 1.165) is 0 Å². The van der Waals surface area contributed by atoms with Crippen LogP contribution in [0.1, 0.15) is 32.4 Å². The summed E-state index contributed by atoms with van der Waals surface area (Å²) in [6.07, 6.45) is 0. The number of esters is 1. The average molecular weight is 389 g/mol. The van der Waals surface area contributed by atoms with Crippen molar-refractivity contribution >= 4 is 46.5 Å². The monoisotopic (exact) mass is 388 g/mol. The van der Waals surface area contributed by atoms with Gasteiger partial charge in [-0.15, -0.1) is 0 Å². The van der Waals surface area contributed by atoms with E-state index in [0.29, 0.717) is 33.0 Å². The van der Waals surface area contributed by atoms with Crippen LogP contribution in [0.15, 0.2) is 12.1 Å². The highest BCUT2D eigenvalue weighted by molar-refractivity contribution is 7.80. The molecular weight excluding hydrogens is 371 g/mol. The lowest BCUT2D eigenvalue weighted by Gasteiger charge is -2.55. The van der Waals surface area contributed by atoms with Crippen molar-refractivity contribution in [3.63, 3.8) is 0 Å². The first-order valence-electron chi connectivity index (χ1n) is 7.76. The number of carbonyl (C=O) groups is 1. The second-order valence-corrected chi connectivity index (χ2v) is 7.09. The number of rotatable bonds is 3. The van der Waals surface area contributed by atoms with Crippen LogP contribution in [-0.4, -0.2) is 34.9 Å². The van der Waals surface area contributed by atoms with E-state index in [9.17, 15) is 4.79 Å². The molecule has 0 unspecified atom stereocenters. The summed E-state index contributed by atoms with van der Waals surface area (Å²) in [5.74, 6) is -0.436. The van der Waals surface area contributed by atoms with Crippen LogP contribution in [0.2, 0.25) is 10.0 Å². The third kappa shape index (κ3) is 2.52. The summed E-state index contributed by atoms with van der Waals surface area (Å²) in [6, 6.07) is 2.96. The standard InChI is InChI=1S/C16H18Cl2N2O3S/c1-4-20-15(24)19-12-9-6-8(17)7-10(18)13(9)23-16(20,3)11(12)14(21)22-5-2/h6-7,11-12H,4-5H2,1-3H3,(H,19,24)/t11-,12+,16+/m0/s1. The average Bonchev–Trinajstić information content (AvgIpc) is 2.48. The topological polar surface area (TPSA) is 50.8 Å². The van der Waals surface area contributed by atoms with Gasteiger partial charge in [0.1, 0.15) is 11.7 Å². The Morgan fingerprint density at radius 2 is 2.17 bits per heavy atom. The van der Waals surface area contributed by atoms with Crippen LogP contribution in [-0.2, 0) is 9.53 Å². The minimum absolute atomic E-state index is 0.290. The molecule has 0 saturated carbocycles. The van der Waals surface area contributed by atoms with Gasteiger partial charge in [-0.05, 0) is 45.1 Å². The molecule has 0 aliphatic carbocycles. The first kappa shape index (κ1) is 17.6. The van der Waals surface area contributed by atoms with Crippen LogP contribution in [0.4, 0.5) is 0 Å². The molecule has 2 aliphatic rings. The maximum Gasteiger partial charge on any atom is 0.317 e. The molecule has 2 bridgehead atoms. The number of thiocarbonyl (C=S) groups is 1. The van der Waals surface area contributed by atoms with E-state index in [1.165, 1.54) is 0 Å². The smallest absolute Gasteiger partial charge is 0.317 e. The van der Waals surface area contributed by atoms with Crippen LogP contribution < -0.4 is 10.1 Å². The summed E-state index contributed by atoms with van der Waals surface area (Å²) in [6.45, 7) is 6.43. The van der Waals surface area contributed by atoms with Gasteiger partial charge in [0.2, 0.25) is 0 Å². The van der Waals surface area contributed by atoms with Gasteiger partial charge in [0.15, 0.2) is 10.8 Å². The maximum absolute atomic E-state index is 12.7. The van der Waals surface area contributed by atoms with Gasteiger partial charge in [0.05, 0.1) is 17.7 Å². The van der Waals surface area contributed by atoms with Gasteiger partial charge in [0, 0.05) is 17.1 Å². The summed E-state index contributed by atoms with van der Waals surface area (Å²) in [7, 11) is 0. The molecule has 2 aliphatic heterocycles. The highest BCUT2D eigenvalue weighted by atomic mass is 35.5. The van der Waals surface area contributed by atoms with Gasteiger partial charge in [0.25, 0.3) is 0 Å². The number of benzene rings is 1. The van der Waals surface area contributed by atoms with Crippen molar-refractivity contribution in [2.24, 2.45) is 5.92 Å². The van der Waals surface area contributed by atoms with Gasteiger partial charge in [-0.2, -0.15) is 0 Å². The molecule has 1 aromatic rings.